The molecular formula is C13H14F3N3. The second-order valence-electron chi connectivity index (χ2n) is 4.67. The topological polar surface area (TPSA) is 31.1 Å². The molecule has 1 aliphatic heterocycles. The van der Waals surface area contributed by atoms with Crippen molar-refractivity contribution in [1.29, 1.82) is 0 Å². The highest BCUT2D eigenvalue weighted by atomic mass is 19.4. The molecule has 1 saturated heterocycles. The lowest BCUT2D eigenvalue weighted by Crippen LogP contribution is -2.43. The minimum Gasteiger partial charge on any atom is -0.367 e. The molecule has 1 aliphatic rings. The highest BCUT2D eigenvalue weighted by Crippen LogP contribution is 2.34. The van der Waals surface area contributed by atoms with Crippen LogP contribution in [0.25, 0.3) is 10.9 Å². The number of benzene rings is 1. The SMILES string of the molecule is FC(F)(F)c1ccc2[nH]cc(N3CCNCC3)c2c1. The van der Waals surface area contributed by atoms with E-state index in [2.05, 4.69) is 15.2 Å². The van der Waals surface area contributed by atoms with Gasteiger partial charge in [-0.3, -0.25) is 0 Å². The minimum absolute atomic E-state index is 0.601. The number of hydrogen-bond donors (Lipinski definition) is 2. The number of nitrogens with zero attached hydrogens (tertiary/aromatic N) is 1. The molecule has 102 valence electrons. The van der Waals surface area contributed by atoms with Crippen molar-refractivity contribution in [2.75, 3.05) is 31.1 Å². The van der Waals surface area contributed by atoms with Gasteiger partial charge in [-0.25, -0.2) is 0 Å². The first kappa shape index (κ1) is 12.3. The Balaban J connectivity index is 2.05. The molecule has 0 radical (unpaired) electrons. The maximum absolute atomic E-state index is 12.8. The molecular weight excluding hydrogens is 255 g/mol. The van der Waals surface area contributed by atoms with Crippen molar-refractivity contribution in [3.63, 3.8) is 0 Å². The van der Waals surface area contributed by atoms with E-state index < -0.39 is 11.7 Å². The molecule has 1 fully saturated rings. The number of aromatic amines is 1. The number of piperazine rings is 1. The summed E-state index contributed by atoms with van der Waals surface area (Å²) in [6.45, 7) is 3.32. The molecule has 0 saturated carbocycles. The van der Waals surface area contributed by atoms with E-state index in [1.54, 1.807) is 6.20 Å². The Morgan fingerprint density at radius 3 is 2.53 bits per heavy atom. The molecule has 1 aromatic carbocycles. The molecule has 0 amide bonds. The molecule has 2 aromatic rings. The summed E-state index contributed by atoms with van der Waals surface area (Å²) in [6.07, 6.45) is -2.51. The van der Waals surface area contributed by atoms with Crippen LogP contribution in [0.1, 0.15) is 5.56 Å². The normalized spacial score (nSPS) is 17.1. The molecule has 1 aromatic heterocycles. The van der Waals surface area contributed by atoms with Crippen LogP contribution in [-0.4, -0.2) is 31.2 Å². The smallest absolute Gasteiger partial charge is 0.367 e. The Kier molecular flexibility index (Phi) is 2.89. The molecule has 3 nitrogen and oxygen atoms in total. The van der Waals surface area contributed by atoms with Crippen LogP contribution in [0.5, 0.6) is 0 Å². The number of H-pyrrole nitrogens is 1. The minimum atomic E-state index is -4.30. The predicted molar refractivity (Wildman–Crippen MR) is 68.4 cm³/mol. The van der Waals surface area contributed by atoms with Gasteiger partial charge in [-0.15, -0.1) is 0 Å². The van der Waals surface area contributed by atoms with Crippen LogP contribution in [-0.2, 0) is 6.18 Å². The fourth-order valence-electron chi connectivity index (χ4n) is 2.45. The summed E-state index contributed by atoms with van der Waals surface area (Å²) in [5.74, 6) is 0. The van der Waals surface area contributed by atoms with Gasteiger partial charge in [-0.2, -0.15) is 13.2 Å². The Hall–Kier alpha value is -1.69. The third-order valence-corrected chi connectivity index (χ3v) is 3.44. The lowest BCUT2D eigenvalue weighted by Gasteiger charge is -2.28. The van der Waals surface area contributed by atoms with Crippen LogP contribution < -0.4 is 10.2 Å². The van der Waals surface area contributed by atoms with Gasteiger partial charge in [0.2, 0.25) is 0 Å². The van der Waals surface area contributed by atoms with Crippen LogP contribution in [0.2, 0.25) is 0 Å². The maximum atomic E-state index is 12.8. The first-order valence-electron chi connectivity index (χ1n) is 6.20. The van der Waals surface area contributed by atoms with Crippen LogP contribution in [0.4, 0.5) is 18.9 Å². The summed E-state index contributed by atoms with van der Waals surface area (Å²) in [5.41, 5.74) is 0.986. The van der Waals surface area contributed by atoms with Gasteiger partial charge >= 0.3 is 6.18 Å². The van der Waals surface area contributed by atoms with Crippen molar-refractivity contribution in [3.05, 3.63) is 30.0 Å². The van der Waals surface area contributed by atoms with E-state index in [0.717, 1.165) is 43.4 Å². The highest BCUT2D eigenvalue weighted by Gasteiger charge is 2.31. The molecule has 0 atom stereocenters. The lowest BCUT2D eigenvalue weighted by molar-refractivity contribution is -0.137. The number of hydrogen-bond acceptors (Lipinski definition) is 2. The largest absolute Gasteiger partial charge is 0.416 e. The first-order chi connectivity index (χ1) is 9.05. The number of alkyl halides is 3. The summed E-state index contributed by atoms with van der Waals surface area (Å²) in [4.78, 5) is 5.14. The number of halogens is 3. The van der Waals surface area contributed by atoms with Crippen LogP contribution in [0.15, 0.2) is 24.4 Å². The van der Waals surface area contributed by atoms with E-state index in [9.17, 15) is 13.2 Å². The van der Waals surface area contributed by atoms with Gasteiger partial charge in [0.05, 0.1) is 11.3 Å². The summed E-state index contributed by atoms with van der Waals surface area (Å²) >= 11 is 0. The van der Waals surface area contributed by atoms with E-state index in [0.29, 0.717) is 5.39 Å². The standard InChI is InChI=1S/C13H14F3N3/c14-13(15,16)9-1-2-11-10(7-9)12(8-18-11)19-5-3-17-4-6-19/h1-2,7-8,17-18H,3-6H2. The summed E-state index contributed by atoms with van der Waals surface area (Å²) in [6, 6.07) is 3.83. The number of rotatable bonds is 1. The first-order valence-corrected chi connectivity index (χ1v) is 6.20. The van der Waals surface area contributed by atoms with Crippen molar-refractivity contribution in [2.45, 2.75) is 6.18 Å². The molecule has 19 heavy (non-hydrogen) atoms. The zero-order valence-corrected chi connectivity index (χ0v) is 10.2. The van der Waals surface area contributed by atoms with Gasteiger partial charge in [0.1, 0.15) is 0 Å². The molecule has 0 spiro atoms. The summed E-state index contributed by atoms with van der Waals surface area (Å²) < 4.78 is 38.3. The van der Waals surface area contributed by atoms with Crippen molar-refractivity contribution in [3.8, 4) is 0 Å². The van der Waals surface area contributed by atoms with Crippen molar-refractivity contribution < 1.29 is 13.2 Å². The number of anilines is 1. The van der Waals surface area contributed by atoms with E-state index in [-0.39, 0.29) is 0 Å². The zero-order chi connectivity index (χ0) is 13.5. The number of fused-ring (bicyclic) bond motifs is 1. The summed E-state index contributed by atoms with van der Waals surface area (Å²) in [7, 11) is 0. The van der Waals surface area contributed by atoms with Crippen molar-refractivity contribution in [1.82, 2.24) is 10.3 Å². The molecule has 6 heteroatoms. The Morgan fingerprint density at radius 2 is 1.84 bits per heavy atom. The monoisotopic (exact) mass is 269 g/mol. The Labute approximate surface area is 108 Å². The van der Waals surface area contributed by atoms with E-state index >= 15 is 0 Å². The van der Waals surface area contributed by atoms with Gasteiger partial charge < -0.3 is 15.2 Å². The molecule has 0 unspecified atom stereocenters. The lowest BCUT2D eigenvalue weighted by atomic mass is 10.1. The van der Waals surface area contributed by atoms with Crippen LogP contribution in [0, 0.1) is 0 Å². The molecule has 2 N–H and O–H groups in total. The van der Waals surface area contributed by atoms with E-state index in [1.807, 2.05) is 0 Å². The van der Waals surface area contributed by atoms with Crippen molar-refractivity contribution >= 4 is 16.6 Å². The molecule has 0 aliphatic carbocycles. The molecule has 0 bridgehead atoms. The summed E-state index contributed by atoms with van der Waals surface area (Å²) in [5, 5.41) is 3.86. The fourth-order valence-corrected chi connectivity index (χ4v) is 2.45. The van der Waals surface area contributed by atoms with Crippen molar-refractivity contribution in [2.24, 2.45) is 0 Å². The third kappa shape index (κ3) is 2.28. The van der Waals surface area contributed by atoms with E-state index in [4.69, 9.17) is 0 Å². The van der Waals surface area contributed by atoms with Gasteiger partial charge in [0.15, 0.2) is 0 Å². The predicted octanol–water partition coefficient (Wildman–Crippen LogP) is 2.60. The highest BCUT2D eigenvalue weighted by molar-refractivity contribution is 5.93. The van der Waals surface area contributed by atoms with Gasteiger partial charge in [0.25, 0.3) is 0 Å². The van der Waals surface area contributed by atoms with Gasteiger partial charge in [0, 0.05) is 43.3 Å². The number of nitrogens with one attached hydrogen (secondary N) is 2. The number of aromatic nitrogens is 1. The second-order valence-corrected chi connectivity index (χ2v) is 4.67. The van der Waals surface area contributed by atoms with Gasteiger partial charge in [-0.05, 0) is 18.2 Å². The zero-order valence-electron chi connectivity index (χ0n) is 10.2. The second kappa shape index (κ2) is 4.45. The fraction of sp³-hybridized carbons (Fsp3) is 0.385. The average Bonchev–Trinajstić information content (AvgIpc) is 2.81. The van der Waals surface area contributed by atoms with E-state index in [1.165, 1.54) is 12.1 Å². The Bertz CT molecular complexity index is 582. The van der Waals surface area contributed by atoms with Crippen LogP contribution in [0.3, 0.4) is 0 Å². The third-order valence-electron chi connectivity index (χ3n) is 3.44. The van der Waals surface area contributed by atoms with Crippen LogP contribution >= 0.6 is 0 Å². The van der Waals surface area contributed by atoms with Gasteiger partial charge in [-0.1, -0.05) is 0 Å². The average molecular weight is 269 g/mol. The maximum Gasteiger partial charge on any atom is 0.416 e. The molecule has 2 heterocycles. The Morgan fingerprint density at radius 1 is 1.11 bits per heavy atom. The quantitative estimate of drug-likeness (QED) is 0.833. The molecule has 3 rings (SSSR count).